The summed E-state index contributed by atoms with van der Waals surface area (Å²) in [6.45, 7) is 5.70. The van der Waals surface area contributed by atoms with E-state index in [-0.39, 0.29) is 0 Å². The summed E-state index contributed by atoms with van der Waals surface area (Å²) in [5.41, 5.74) is 5.24. The van der Waals surface area contributed by atoms with E-state index < -0.39 is 0 Å². The molecule has 1 saturated heterocycles. The van der Waals surface area contributed by atoms with Crippen LogP contribution in [0.25, 0.3) is 0 Å². The molecule has 2 N–H and O–H groups in total. The highest BCUT2D eigenvalue weighted by atomic mass is 15.3. The van der Waals surface area contributed by atoms with Gasteiger partial charge in [0.25, 0.3) is 0 Å². The number of aromatic nitrogens is 2. The third-order valence-electron chi connectivity index (χ3n) is 6.09. The number of likely N-dealkylation sites (tertiary alicyclic amines) is 1. The molecule has 0 spiro atoms. The van der Waals surface area contributed by atoms with E-state index in [1.165, 1.54) is 54.6 Å². The molecule has 3 aromatic rings. The molecule has 1 fully saturated rings. The summed E-state index contributed by atoms with van der Waals surface area (Å²) < 4.78 is 1.95. The van der Waals surface area contributed by atoms with E-state index >= 15 is 0 Å². The van der Waals surface area contributed by atoms with Gasteiger partial charge in [0.1, 0.15) is 0 Å². The molecule has 6 nitrogen and oxygen atoms in total. The Morgan fingerprint density at radius 2 is 1.41 bits per heavy atom. The molecule has 168 valence electrons. The maximum absolute atomic E-state index is 4.44. The van der Waals surface area contributed by atoms with Crippen molar-refractivity contribution in [3.63, 3.8) is 0 Å². The third kappa shape index (κ3) is 6.20. The van der Waals surface area contributed by atoms with E-state index in [0.717, 1.165) is 25.6 Å². The first kappa shape index (κ1) is 22.1. The Morgan fingerprint density at radius 3 is 1.97 bits per heavy atom. The van der Waals surface area contributed by atoms with Crippen LogP contribution < -0.4 is 10.6 Å². The maximum Gasteiger partial charge on any atom is 0.191 e. The molecular weight excluding hydrogens is 396 g/mol. The van der Waals surface area contributed by atoms with Crippen molar-refractivity contribution in [2.45, 2.75) is 45.4 Å². The van der Waals surface area contributed by atoms with Crippen LogP contribution in [-0.4, -0.2) is 40.8 Å². The summed E-state index contributed by atoms with van der Waals surface area (Å²) in [6, 6.07) is 19.2. The van der Waals surface area contributed by atoms with Gasteiger partial charge in [-0.15, -0.1) is 0 Å². The number of nitrogens with one attached hydrogen (secondary N) is 2. The second-order valence-corrected chi connectivity index (χ2v) is 8.36. The lowest BCUT2D eigenvalue weighted by Crippen LogP contribution is -2.37. The van der Waals surface area contributed by atoms with E-state index in [0.29, 0.717) is 6.54 Å². The lowest BCUT2D eigenvalue weighted by atomic mass is 10.0. The summed E-state index contributed by atoms with van der Waals surface area (Å²) in [6.07, 6.45) is 7.81. The molecule has 0 unspecified atom stereocenters. The average Bonchev–Trinajstić information content (AvgIpc) is 3.35. The van der Waals surface area contributed by atoms with Crippen LogP contribution in [0.3, 0.4) is 0 Å². The smallest absolute Gasteiger partial charge is 0.191 e. The quantitative estimate of drug-likeness (QED) is 0.422. The fraction of sp³-hybridized carbons (Fsp3) is 0.385. The van der Waals surface area contributed by atoms with Crippen LogP contribution in [0, 0.1) is 0 Å². The second kappa shape index (κ2) is 11.5. The fourth-order valence-corrected chi connectivity index (χ4v) is 4.27. The minimum absolute atomic E-state index is 0.715. The van der Waals surface area contributed by atoms with Gasteiger partial charge < -0.3 is 10.6 Å². The van der Waals surface area contributed by atoms with Crippen LogP contribution >= 0.6 is 0 Å². The molecular formula is C26H34N6. The van der Waals surface area contributed by atoms with E-state index in [9.17, 15) is 0 Å². The van der Waals surface area contributed by atoms with Crippen molar-refractivity contribution in [2.24, 2.45) is 4.99 Å². The van der Waals surface area contributed by atoms with Crippen molar-refractivity contribution in [3.05, 3.63) is 89.2 Å². The molecule has 4 rings (SSSR count). The number of benzene rings is 2. The van der Waals surface area contributed by atoms with Gasteiger partial charge in [-0.2, -0.15) is 5.10 Å². The van der Waals surface area contributed by atoms with Crippen LogP contribution in [-0.2, 0) is 26.2 Å². The highest BCUT2D eigenvalue weighted by Gasteiger charge is 2.12. The largest absolute Gasteiger partial charge is 0.352 e. The minimum Gasteiger partial charge on any atom is -0.352 e. The van der Waals surface area contributed by atoms with Crippen molar-refractivity contribution in [1.29, 1.82) is 0 Å². The van der Waals surface area contributed by atoms with Gasteiger partial charge in [0, 0.05) is 39.1 Å². The van der Waals surface area contributed by atoms with Crippen molar-refractivity contribution in [2.75, 3.05) is 20.1 Å². The van der Waals surface area contributed by atoms with Gasteiger partial charge in [-0.3, -0.25) is 14.6 Å². The lowest BCUT2D eigenvalue weighted by Gasteiger charge is -2.27. The van der Waals surface area contributed by atoms with Crippen LogP contribution in [0.2, 0.25) is 0 Å². The summed E-state index contributed by atoms with van der Waals surface area (Å²) in [5.74, 6) is 0.812. The number of aliphatic imine (C=N–C) groups is 1. The summed E-state index contributed by atoms with van der Waals surface area (Å²) in [4.78, 5) is 7.01. The first-order valence-electron chi connectivity index (χ1n) is 11.6. The van der Waals surface area contributed by atoms with Gasteiger partial charge in [0.15, 0.2) is 5.96 Å². The molecule has 2 heterocycles. The average molecular weight is 431 g/mol. The third-order valence-corrected chi connectivity index (χ3v) is 6.09. The molecule has 0 aliphatic carbocycles. The van der Waals surface area contributed by atoms with Gasteiger partial charge in [0.2, 0.25) is 0 Å². The van der Waals surface area contributed by atoms with Crippen molar-refractivity contribution >= 4 is 5.96 Å². The Hall–Kier alpha value is -3.12. The zero-order valence-corrected chi connectivity index (χ0v) is 19.0. The minimum atomic E-state index is 0.715. The SMILES string of the molecule is CN=C(NCc1ccccc1CN1CCCCC1)NCc1ccccc1Cn1cccn1. The van der Waals surface area contributed by atoms with E-state index in [4.69, 9.17) is 0 Å². The molecule has 0 bridgehead atoms. The first-order chi connectivity index (χ1) is 15.8. The fourth-order valence-electron chi connectivity index (χ4n) is 4.27. The van der Waals surface area contributed by atoms with Crippen LogP contribution in [0.4, 0.5) is 0 Å². The summed E-state index contributed by atoms with van der Waals surface area (Å²) in [7, 11) is 1.82. The Kier molecular flexibility index (Phi) is 7.93. The molecule has 2 aromatic carbocycles. The number of rotatable bonds is 8. The van der Waals surface area contributed by atoms with Crippen molar-refractivity contribution < 1.29 is 0 Å². The standard InChI is InChI=1S/C26H34N6/c1-27-26(29-19-23-11-4-6-13-25(23)21-32-17-9-14-30-32)28-18-22-10-3-5-12-24(22)20-31-15-7-2-8-16-31/h3-6,9-14,17H,2,7-8,15-16,18-21H2,1H3,(H2,27,28,29). The highest BCUT2D eigenvalue weighted by Crippen LogP contribution is 2.16. The molecule has 32 heavy (non-hydrogen) atoms. The monoisotopic (exact) mass is 430 g/mol. The summed E-state index contributed by atoms with van der Waals surface area (Å²) in [5, 5.41) is 11.3. The van der Waals surface area contributed by atoms with E-state index in [1.54, 1.807) is 0 Å². The zero-order valence-electron chi connectivity index (χ0n) is 19.0. The topological polar surface area (TPSA) is 57.5 Å². The molecule has 0 atom stereocenters. The summed E-state index contributed by atoms with van der Waals surface area (Å²) >= 11 is 0. The van der Waals surface area contributed by atoms with Gasteiger partial charge in [0.05, 0.1) is 6.54 Å². The lowest BCUT2D eigenvalue weighted by molar-refractivity contribution is 0.220. The highest BCUT2D eigenvalue weighted by molar-refractivity contribution is 5.79. The Balaban J connectivity index is 1.34. The molecule has 0 amide bonds. The van der Waals surface area contributed by atoms with Crippen LogP contribution in [0.5, 0.6) is 0 Å². The predicted molar refractivity (Wildman–Crippen MR) is 130 cm³/mol. The van der Waals surface area contributed by atoms with Gasteiger partial charge >= 0.3 is 0 Å². The zero-order chi connectivity index (χ0) is 22.0. The van der Waals surface area contributed by atoms with Gasteiger partial charge in [-0.25, -0.2) is 0 Å². The number of hydrogen-bond acceptors (Lipinski definition) is 3. The molecule has 1 aliphatic heterocycles. The molecule has 1 aromatic heterocycles. The molecule has 1 aliphatic rings. The molecule has 6 heteroatoms. The van der Waals surface area contributed by atoms with Gasteiger partial charge in [-0.1, -0.05) is 55.0 Å². The van der Waals surface area contributed by atoms with Gasteiger partial charge in [-0.05, 0) is 54.3 Å². The number of nitrogens with zero attached hydrogens (tertiary/aromatic N) is 4. The first-order valence-corrected chi connectivity index (χ1v) is 11.6. The van der Waals surface area contributed by atoms with Crippen molar-refractivity contribution in [3.8, 4) is 0 Å². The second-order valence-electron chi connectivity index (χ2n) is 8.36. The Bertz CT molecular complexity index is 989. The molecule has 0 saturated carbocycles. The van der Waals surface area contributed by atoms with E-state index in [2.05, 4.69) is 74.2 Å². The Labute approximate surface area is 191 Å². The van der Waals surface area contributed by atoms with Crippen molar-refractivity contribution in [1.82, 2.24) is 25.3 Å². The molecule has 0 radical (unpaired) electrons. The van der Waals surface area contributed by atoms with Crippen LogP contribution in [0.1, 0.15) is 41.5 Å². The maximum atomic E-state index is 4.44. The predicted octanol–water partition coefficient (Wildman–Crippen LogP) is 3.78. The Morgan fingerprint density at radius 1 is 0.812 bits per heavy atom. The number of guanidine groups is 1. The number of piperidine rings is 1. The van der Waals surface area contributed by atoms with Crippen LogP contribution in [0.15, 0.2) is 72.0 Å². The normalized spacial score (nSPS) is 15.0. The number of hydrogen-bond donors (Lipinski definition) is 2. The van der Waals surface area contributed by atoms with E-state index in [1.807, 2.05) is 30.2 Å².